The van der Waals surface area contributed by atoms with Crippen molar-refractivity contribution in [2.24, 2.45) is 0 Å². The van der Waals surface area contributed by atoms with Crippen molar-refractivity contribution in [2.75, 3.05) is 40.1 Å². The van der Waals surface area contributed by atoms with Gasteiger partial charge in [-0.2, -0.15) is 0 Å². The number of Topliss-reactive ketones (excluding diaryl/α,β-unsaturated/α-hetero) is 1. The molecule has 1 aromatic carbocycles. The van der Waals surface area contributed by atoms with E-state index in [1.165, 1.54) is 0 Å². The molecule has 0 N–H and O–H groups in total. The largest absolute Gasteiger partial charge is 0.486 e. The molecule has 19 heavy (non-hydrogen) atoms. The van der Waals surface area contributed by atoms with E-state index in [-0.39, 0.29) is 5.78 Å². The van der Waals surface area contributed by atoms with Crippen molar-refractivity contribution in [3.63, 3.8) is 0 Å². The fourth-order valence-corrected chi connectivity index (χ4v) is 1.77. The van der Waals surface area contributed by atoms with Crippen LogP contribution in [0.15, 0.2) is 18.2 Å². The lowest BCUT2D eigenvalue weighted by atomic mass is 10.1. The molecule has 0 atom stereocenters. The second kappa shape index (κ2) is 7.11. The molecule has 1 heterocycles. The van der Waals surface area contributed by atoms with Gasteiger partial charge in [-0.25, -0.2) is 0 Å². The van der Waals surface area contributed by atoms with Crippen LogP contribution in [-0.4, -0.2) is 45.9 Å². The third-order valence-electron chi connectivity index (χ3n) is 2.77. The van der Waals surface area contributed by atoms with E-state index in [1.807, 2.05) is 0 Å². The van der Waals surface area contributed by atoms with Crippen LogP contribution in [-0.2, 0) is 9.47 Å². The number of ketones is 1. The van der Waals surface area contributed by atoms with Gasteiger partial charge in [-0.05, 0) is 18.2 Å². The number of hydrogen-bond donors (Lipinski definition) is 0. The standard InChI is InChI=1S/C14H18O5/c1-16-6-7-17-5-4-12(15)11-2-3-13-14(10-11)19-9-8-18-13/h2-3,10H,4-9H2,1H3. The lowest BCUT2D eigenvalue weighted by Crippen LogP contribution is -2.16. The Balaban J connectivity index is 1.85. The third kappa shape index (κ3) is 3.94. The molecule has 0 saturated carbocycles. The number of methoxy groups -OCH3 is 1. The molecule has 0 fully saturated rings. The lowest BCUT2D eigenvalue weighted by molar-refractivity contribution is 0.0641. The Morgan fingerprint density at radius 1 is 1.16 bits per heavy atom. The smallest absolute Gasteiger partial charge is 0.165 e. The molecule has 1 aliphatic heterocycles. The maximum absolute atomic E-state index is 12.0. The van der Waals surface area contributed by atoms with Gasteiger partial charge in [-0.1, -0.05) is 0 Å². The van der Waals surface area contributed by atoms with Crippen molar-refractivity contribution in [1.82, 2.24) is 0 Å². The Morgan fingerprint density at radius 3 is 2.74 bits per heavy atom. The number of fused-ring (bicyclic) bond motifs is 1. The highest BCUT2D eigenvalue weighted by molar-refractivity contribution is 5.96. The van der Waals surface area contributed by atoms with Crippen LogP contribution in [0.2, 0.25) is 0 Å². The molecule has 5 heteroatoms. The van der Waals surface area contributed by atoms with E-state index >= 15 is 0 Å². The lowest BCUT2D eigenvalue weighted by Gasteiger charge is -2.18. The summed E-state index contributed by atoms with van der Waals surface area (Å²) in [6, 6.07) is 5.25. The molecule has 1 aromatic rings. The molecule has 2 rings (SSSR count). The summed E-state index contributed by atoms with van der Waals surface area (Å²) < 4.78 is 21.0. The van der Waals surface area contributed by atoms with Crippen LogP contribution in [0.5, 0.6) is 11.5 Å². The van der Waals surface area contributed by atoms with Crippen LogP contribution in [0, 0.1) is 0 Å². The number of benzene rings is 1. The first kappa shape index (κ1) is 13.8. The minimum absolute atomic E-state index is 0.0365. The Kier molecular flexibility index (Phi) is 5.18. The van der Waals surface area contributed by atoms with E-state index in [0.717, 1.165) is 0 Å². The molecule has 1 aliphatic rings. The summed E-state index contributed by atoms with van der Waals surface area (Å²) in [5, 5.41) is 0. The minimum atomic E-state index is 0.0365. The summed E-state index contributed by atoms with van der Waals surface area (Å²) in [5.41, 5.74) is 0.625. The van der Waals surface area contributed by atoms with Gasteiger partial charge in [0.25, 0.3) is 0 Å². The zero-order valence-electron chi connectivity index (χ0n) is 11.0. The molecule has 0 radical (unpaired) electrons. The Morgan fingerprint density at radius 2 is 1.95 bits per heavy atom. The summed E-state index contributed by atoms with van der Waals surface area (Å²) >= 11 is 0. The van der Waals surface area contributed by atoms with Gasteiger partial charge >= 0.3 is 0 Å². The highest BCUT2D eigenvalue weighted by Crippen LogP contribution is 2.31. The molecule has 104 valence electrons. The Labute approximate surface area is 112 Å². The van der Waals surface area contributed by atoms with Crippen molar-refractivity contribution >= 4 is 5.78 Å². The summed E-state index contributed by atoms with van der Waals surface area (Å²) in [5.74, 6) is 1.37. The van der Waals surface area contributed by atoms with Crippen LogP contribution in [0.25, 0.3) is 0 Å². The van der Waals surface area contributed by atoms with E-state index in [1.54, 1.807) is 25.3 Å². The van der Waals surface area contributed by atoms with E-state index in [9.17, 15) is 4.79 Å². The predicted molar refractivity (Wildman–Crippen MR) is 69.1 cm³/mol. The van der Waals surface area contributed by atoms with Crippen molar-refractivity contribution < 1.29 is 23.7 Å². The van der Waals surface area contributed by atoms with Gasteiger partial charge in [0.15, 0.2) is 17.3 Å². The van der Waals surface area contributed by atoms with Crippen LogP contribution in [0.1, 0.15) is 16.8 Å². The van der Waals surface area contributed by atoms with Gasteiger partial charge < -0.3 is 18.9 Å². The first-order valence-corrected chi connectivity index (χ1v) is 6.31. The average molecular weight is 266 g/mol. The van der Waals surface area contributed by atoms with Gasteiger partial charge in [-0.15, -0.1) is 0 Å². The normalized spacial score (nSPS) is 13.3. The molecule has 0 saturated heterocycles. The molecule has 0 aromatic heterocycles. The second-order valence-corrected chi connectivity index (χ2v) is 4.14. The van der Waals surface area contributed by atoms with Gasteiger partial charge in [-0.3, -0.25) is 4.79 Å². The molecular formula is C14H18O5. The molecular weight excluding hydrogens is 248 g/mol. The maximum Gasteiger partial charge on any atom is 0.165 e. The summed E-state index contributed by atoms with van der Waals surface area (Å²) in [7, 11) is 1.61. The van der Waals surface area contributed by atoms with Crippen LogP contribution < -0.4 is 9.47 Å². The van der Waals surface area contributed by atoms with Gasteiger partial charge in [0.2, 0.25) is 0 Å². The fraction of sp³-hybridized carbons (Fsp3) is 0.500. The summed E-state index contributed by atoms with van der Waals surface area (Å²) in [6.45, 7) is 2.51. The van der Waals surface area contributed by atoms with Crippen molar-refractivity contribution in [2.45, 2.75) is 6.42 Å². The quantitative estimate of drug-likeness (QED) is 0.555. The van der Waals surface area contributed by atoms with Crippen molar-refractivity contribution in [3.8, 4) is 11.5 Å². The molecule has 0 unspecified atom stereocenters. The highest BCUT2D eigenvalue weighted by atomic mass is 16.6. The average Bonchev–Trinajstić information content (AvgIpc) is 2.46. The van der Waals surface area contributed by atoms with Gasteiger partial charge in [0, 0.05) is 19.1 Å². The van der Waals surface area contributed by atoms with Crippen LogP contribution >= 0.6 is 0 Å². The number of rotatable bonds is 7. The van der Waals surface area contributed by atoms with Gasteiger partial charge in [0.1, 0.15) is 13.2 Å². The van der Waals surface area contributed by atoms with Gasteiger partial charge in [0.05, 0.1) is 19.8 Å². The number of ether oxygens (including phenoxy) is 4. The molecule has 0 amide bonds. The van der Waals surface area contributed by atoms with Crippen molar-refractivity contribution in [3.05, 3.63) is 23.8 Å². The molecule has 5 nitrogen and oxygen atoms in total. The first-order valence-electron chi connectivity index (χ1n) is 6.31. The summed E-state index contributed by atoms with van der Waals surface area (Å²) in [6.07, 6.45) is 0.351. The van der Waals surface area contributed by atoms with Crippen LogP contribution in [0.4, 0.5) is 0 Å². The zero-order chi connectivity index (χ0) is 13.5. The number of hydrogen-bond acceptors (Lipinski definition) is 5. The molecule has 0 bridgehead atoms. The molecule has 0 aliphatic carbocycles. The SMILES string of the molecule is COCCOCCC(=O)c1ccc2c(c1)OCCO2. The van der Waals surface area contributed by atoms with Crippen molar-refractivity contribution in [1.29, 1.82) is 0 Å². The van der Waals surface area contributed by atoms with E-state index < -0.39 is 0 Å². The van der Waals surface area contributed by atoms with E-state index in [2.05, 4.69) is 0 Å². The van der Waals surface area contributed by atoms with Crippen LogP contribution in [0.3, 0.4) is 0 Å². The third-order valence-corrected chi connectivity index (χ3v) is 2.77. The Bertz CT molecular complexity index is 430. The fourth-order valence-electron chi connectivity index (χ4n) is 1.77. The maximum atomic E-state index is 12.0. The zero-order valence-corrected chi connectivity index (χ0v) is 11.0. The second-order valence-electron chi connectivity index (χ2n) is 4.14. The Hall–Kier alpha value is -1.59. The first-order chi connectivity index (χ1) is 9.31. The number of carbonyl (C=O) groups excluding carboxylic acids is 1. The summed E-state index contributed by atoms with van der Waals surface area (Å²) in [4.78, 5) is 12.0. The van der Waals surface area contributed by atoms with E-state index in [4.69, 9.17) is 18.9 Å². The van der Waals surface area contributed by atoms with E-state index in [0.29, 0.717) is 56.5 Å². The molecule has 0 spiro atoms. The minimum Gasteiger partial charge on any atom is -0.486 e. The topological polar surface area (TPSA) is 54.0 Å². The predicted octanol–water partition coefficient (Wildman–Crippen LogP) is 1.69. The monoisotopic (exact) mass is 266 g/mol. The number of carbonyl (C=O) groups is 1. The highest BCUT2D eigenvalue weighted by Gasteiger charge is 2.14.